The molecule has 0 aromatic carbocycles. The lowest BCUT2D eigenvalue weighted by atomic mass is 9.73. The van der Waals surface area contributed by atoms with E-state index in [9.17, 15) is 4.55 Å². The lowest BCUT2D eigenvalue weighted by molar-refractivity contribution is 0.160. The number of nitrogens with zero attached hydrogens (tertiary/aromatic N) is 1. The first-order valence-electron chi connectivity index (χ1n) is 7.42. The molecule has 1 spiro atoms. The number of aromatic nitrogens is 1. The van der Waals surface area contributed by atoms with Gasteiger partial charge in [-0.3, -0.25) is 4.98 Å². The molecule has 1 saturated heterocycles. The lowest BCUT2D eigenvalue weighted by Gasteiger charge is -2.44. The van der Waals surface area contributed by atoms with Gasteiger partial charge in [-0.05, 0) is 52.3 Å². The molecule has 1 fully saturated rings. The smallest absolute Gasteiger partial charge is 0.164 e. The van der Waals surface area contributed by atoms with Crippen LogP contribution in [0.1, 0.15) is 49.6 Å². The van der Waals surface area contributed by atoms with Gasteiger partial charge in [-0.15, -0.1) is 4.72 Å². The van der Waals surface area contributed by atoms with Crippen molar-refractivity contribution in [1.29, 1.82) is 0 Å². The van der Waals surface area contributed by atoms with E-state index in [1.807, 2.05) is 6.20 Å². The Morgan fingerprint density at radius 3 is 2.85 bits per heavy atom. The Kier molecular flexibility index (Phi) is 2.74. The van der Waals surface area contributed by atoms with Gasteiger partial charge in [0.05, 0.1) is 6.04 Å². The summed E-state index contributed by atoms with van der Waals surface area (Å²) in [6, 6.07) is 2.29. The van der Waals surface area contributed by atoms with Crippen LogP contribution in [-0.2, 0) is 22.5 Å². The first-order valence-corrected chi connectivity index (χ1v) is 8.57. The van der Waals surface area contributed by atoms with E-state index in [1.54, 1.807) is 0 Å². The molecule has 0 amide bonds. The van der Waals surface area contributed by atoms with Crippen LogP contribution >= 0.6 is 0 Å². The van der Waals surface area contributed by atoms with Crippen molar-refractivity contribution >= 4 is 11.4 Å². The minimum atomic E-state index is -1.03. The quantitative estimate of drug-likeness (QED) is 0.712. The molecule has 4 nitrogen and oxygen atoms in total. The van der Waals surface area contributed by atoms with E-state index >= 15 is 0 Å². The van der Waals surface area contributed by atoms with Crippen LogP contribution in [0.5, 0.6) is 0 Å². The predicted octanol–water partition coefficient (Wildman–Crippen LogP) is 1.55. The van der Waals surface area contributed by atoms with Crippen molar-refractivity contribution in [1.82, 2.24) is 15.0 Å². The Labute approximate surface area is 123 Å². The molecule has 2 atom stereocenters. The average Bonchev–Trinajstić information content (AvgIpc) is 2.72. The molecule has 1 aromatic rings. The molecule has 0 saturated carbocycles. The van der Waals surface area contributed by atoms with E-state index in [1.165, 1.54) is 16.8 Å². The van der Waals surface area contributed by atoms with Crippen molar-refractivity contribution in [3.05, 3.63) is 29.1 Å². The molecule has 2 N–H and O–H groups in total. The van der Waals surface area contributed by atoms with E-state index in [0.717, 1.165) is 32.4 Å². The molecule has 1 aliphatic carbocycles. The van der Waals surface area contributed by atoms with Gasteiger partial charge in [0.1, 0.15) is 0 Å². The first kappa shape index (κ1) is 13.1. The second-order valence-corrected chi connectivity index (χ2v) is 8.63. The van der Waals surface area contributed by atoms with Crippen molar-refractivity contribution in [2.75, 3.05) is 13.1 Å². The number of hydrogen-bond donors (Lipinski definition) is 2. The van der Waals surface area contributed by atoms with E-state index in [0.29, 0.717) is 0 Å². The van der Waals surface area contributed by atoms with Crippen LogP contribution < -0.4 is 10.0 Å². The van der Waals surface area contributed by atoms with Crippen LogP contribution in [0.2, 0.25) is 0 Å². The van der Waals surface area contributed by atoms with Gasteiger partial charge < -0.3 is 9.87 Å². The lowest BCUT2D eigenvalue weighted by Crippen LogP contribution is -2.52. The third-order valence-electron chi connectivity index (χ3n) is 5.43. The number of fused-ring (bicyclic) bond motifs is 1. The predicted molar refractivity (Wildman–Crippen MR) is 79.5 cm³/mol. The highest BCUT2D eigenvalue weighted by atomic mass is 32.2. The zero-order valence-electron chi connectivity index (χ0n) is 12.0. The van der Waals surface area contributed by atoms with Crippen LogP contribution in [0.4, 0.5) is 0 Å². The average molecular weight is 291 g/mol. The standard InChI is InChI=1S/C15H21N3OS/c1-14(2)10-3-6-17-11-9-15(4-7-16-8-5-15)13(12(10)11)18-20(14)19/h3,6,13,16,18H,4-5,7-9H2,1-2H3/t13-,20-/m1/s1. The Bertz CT molecular complexity index is 554. The zero-order chi connectivity index (χ0) is 14.0. The van der Waals surface area contributed by atoms with Crippen LogP contribution in [0, 0.1) is 5.41 Å². The Balaban J connectivity index is 1.87. The molecular weight excluding hydrogens is 270 g/mol. The van der Waals surface area contributed by atoms with Gasteiger partial charge in [-0.1, -0.05) is 0 Å². The number of pyridine rings is 1. The van der Waals surface area contributed by atoms with Crippen molar-refractivity contribution in [2.45, 2.75) is 43.9 Å². The zero-order valence-corrected chi connectivity index (χ0v) is 12.8. The highest BCUT2D eigenvalue weighted by Gasteiger charge is 2.56. The summed E-state index contributed by atoms with van der Waals surface area (Å²) < 4.78 is 15.8. The third kappa shape index (κ3) is 1.58. The molecule has 4 rings (SSSR count). The molecule has 3 heterocycles. The summed E-state index contributed by atoms with van der Waals surface area (Å²) in [7, 11) is 0. The summed E-state index contributed by atoms with van der Waals surface area (Å²) in [5, 5.41) is 3.44. The molecule has 108 valence electrons. The topological polar surface area (TPSA) is 60.0 Å². The largest absolute Gasteiger partial charge is 0.597 e. The number of rotatable bonds is 0. The molecule has 3 aliphatic rings. The van der Waals surface area contributed by atoms with E-state index in [-0.39, 0.29) is 16.2 Å². The highest BCUT2D eigenvalue weighted by Crippen LogP contribution is 2.56. The Morgan fingerprint density at radius 2 is 2.10 bits per heavy atom. The van der Waals surface area contributed by atoms with E-state index in [2.05, 4.69) is 34.9 Å². The van der Waals surface area contributed by atoms with Crippen LogP contribution in [0.15, 0.2) is 12.3 Å². The van der Waals surface area contributed by atoms with Crippen molar-refractivity contribution in [3.8, 4) is 0 Å². The van der Waals surface area contributed by atoms with Gasteiger partial charge in [0.15, 0.2) is 4.75 Å². The Hall–Kier alpha value is -0.620. The van der Waals surface area contributed by atoms with Gasteiger partial charge >= 0.3 is 0 Å². The molecular formula is C15H21N3OS. The molecule has 0 bridgehead atoms. The molecule has 0 radical (unpaired) electrons. The highest BCUT2D eigenvalue weighted by molar-refractivity contribution is 7.90. The van der Waals surface area contributed by atoms with Gasteiger partial charge in [-0.2, -0.15) is 0 Å². The van der Waals surface area contributed by atoms with Gasteiger partial charge in [0.25, 0.3) is 0 Å². The second-order valence-electron chi connectivity index (χ2n) is 6.84. The molecule has 20 heavy (non-hydrogen) atoms. The summed E-state index contributed by atoms with van der Waals surface area (Å²) in [6.45, 7) is 6.24. The van der Waals surface area contributed by atoms with Crippen molar-refractivity contribution in [3.63, 3.8) is 0 Å². The molecule has 2 aliphatic heterocycles. The first-order chi connectivity index (χ1) is 9.55. The van der Waals surface area contributed by atoms with Crippen LogP contribution in [-0.4, -0.2) is 22.6 Å². The van der Waals surface area contributed by atoms with Gasteiger partial charge in [0.2, 0.25) is 0 Å². The summed E-state index contributed by atoms with van der Waals surface area (Å²) in [6.07, 6.45) is 5.20. The minimum absolute atomic E-state index is 0.211. The summed E-state index contributed by atoms with van der Waals surface area (Å²) >= 11 is -1.03. The number of nitrogens with one attached hydrogen (secondary N) is 2. The maximum absolute atomic E-state index is 12.7. The fourth-order valence-corrected chi connectivity index (χ4v) is 5.43. The van der Waals surface area contributed by atoms with E-state index < -0.39 is 11.4 Å². The molecule has 0 unspecified atom stereocenters. The summed E-state index contributed by atoms with van der Waals surface area (Å²) in [4.78, 5) is 4.63. The normalized spacial score (nSPS) is 33.1. The SMILES string of the molecule is CC1(C)c2ccnc3c2[C@@H](N[S@+]1[O-])C1(CCNCC1)C3. The number of hydrogen-bond acceptors (Lipinski definition) is 4. The van der Waals surface area contributed by atoms with Gasteiger partial charge in [-0.25, -0.2) is 0 Å². The fourth-order valence-electron chi connectivity index (χ4n) is 4.17. The van der Waals surface area contributed by atoms with Gasteiger partial charge in [0, 0.05) is 39.8 Å². The Morgan fingerprint density at radius 1 is 1.35 bits per heavy atom. The monoisotopic (exact) mass is 291 g/mol. The maximum Gasteiger partial charge on any atom is 0.164 e. The van der Waals surface area contributed by atoms with Crippen LogP contribution in [0.25, 0.3) is 0 Å². The molecule has 1 aromatic heterocycles. The number of piperidine rings is 1. The summed E-state index contributed by atoms with van der Waals surface area (Å²) in [5.41, 5.74) is 4.02. The van der Waals surface area contributed by atoms with E-state index in [4.69, 9.17) is 0 Å². The maximum atomic E-state index is 12.7. The van der Waals surface area contributed by atoms with Crippen molar-refractivity contribution < 1.29 is 4.55 Å². The van der Waals surface area contributed by atoms with Crippen LogP contribution in [0.3, 0.4) is 0 Å². The molecule has 5 heteroatoms. The summed E-state index contributed by atoms with van der Waals surface area (Å²) in [5.74, 6) is 0. The fraction of sp³-hybridized carbons (Fsp3) is 0.667. The third-order valence-corrected chi connectivity index (χ3v) is 7.03. The minimum Gasteiger partial charge on any atom is -0.597 e. The van der Waals surface area contributed by atoms with Crippen molar-refractivity contribution in [2.24, 2.45) is 5.41 Å². The second kappa shape index (κ2) is 4.19.